The van der Waals surface area contributed by atoms with Crippen LogP contribution < -0.4 is 11.0 Å². The Balaban J connectivity index is 1.65. The Labute approximate surface area is 155 Å². The first-order valence-electron chi connectivity index (χ1n) is 8.20. The highest BCUT2D eigenvalue weighted by atomic mass is 32.2. The second-order valence-corrected chi connectivity index (χ2v) is 9.79. The number of benzene rings is 1. The minimum absolute atomic E-state index is 0.0166. The zero-order valence-electron chi connectivity index (χ0n) is 14.2. The number of nitrogens with zero attached hydrogens (tertiary/aromatic N) is 2. The number of aromatic nitrogens is 3. The van der Waals surface area contributed by atoms with E-state index in [1.165, 1.54) is 4.57 Å². The highest BCUT2D eigenvalue weighted by Crippen LogP contribution is 2.21. The summed E-state index contributed by atoms with van der Waals surface area (Å²) in [4.78, 5) is 24.3. The quantitative estimate of drug-likeness (QED) is 0.684. The molecule has 8 nitrogen and oxygen atoms in total. The number of sulfone groups is 1. The molecule has 0 saturated carbocycles. The lowest BCUT2D eigenvalue weighted by Crippen LogP contribution is -2.40. The van der Waals surface area contributed by atoms with Gasteiger partial charge in [-0.3, -0.25) is 9.36 Å². The van der Waals surface area contributed by atoms with E-state index in [2.05, 4.69) is 15.5 Å². The molecule has 1 aliphatic rings. The molecule has 0 unspecified atom stereocenters. The van der Waals surface area contributed by atoms with Crippen LogP contribution in [0.3, 0.4) is 0 Å². The number of H-pyrrole nitrogens is 1. The lowest BCUT2D eigenvalue weighted by atomic mass is 10.2. The first-order chi connectivity index (χ1) is 12.3. The fourth-order valence-electron chi connectivity index (χ4n) is 2.74. The standard InChI is InChI=1S/C16H20N4O4S2/c1-11(14(21)17-13-7-8-26(23,24)10-13)25-16-19-18-15(22)20(16)9-12-5-3-2-4-6-12/h2-6,11,13H,7-10H2,1H3,(H,17,21)(H,18,22)/t11-,13+/m0/s1. The van der Waals surface area contributed by atoms with Gasteiger partial charge in [0.1, 0.15) is 0 Å². The number of hydrogen-bond acceptors (Lipinski definition) is 6. The molecule has 2 atom stereocenters. The molecular formula is C16H20N4O4S2. The van der Waals surface area contributed by atoms with Gasteiger partial charge in [-0.05, 0) is 18.9 Å². The highest BCUT2D eigenvalue weighted by molar-refractivity contribution is 8.00. The molecule has 1 fully saturated rings. The highest BCUT2D eigenvalue weighted by Gasteiger charge is 2.30. The molecule has 2 aromatic rings. The molecule has 0 bridgehead atoms. The van der Waals surface area contributed by atoms with Gasteiger partial charge in [0.2, 0.25) is 5.91 Å². The Morgan fingerprint density at radius 3 is 2.81 bits per heavy atom. The molecule has 3 rings (SSSR count). The molecule has 1 aromatic carbocycles. The molecule has 1 aromatic heterocycles. The minimum atomic E-state index is -3.05. The van der Waals surface area contributed by atoms with Gasteiger partial charge in [0.25, 0.3) is 0 Å². The monoisotopic (exact) mass is 396 g/mol. The van der Waals surface area contributed by atoms with E-state index in [0.29, 0.717) is 18.1 Å². The Kier molecular flexibility index (Phi) is 5.52. The molecule has 2 N–H and O–H groups in total. The second kappa shape index (κ2) is 7.67. The van der Waals surface area contributed by atoms with Crippen molar-refractivity contribution in [3.05, 3.63) is 46.4 Å². The molecule has 1 aliphatic heterocycles. The van der Waals surface area contributed by atoms with Crippen LogP contribution in [0, 0.1) is 0 Å². The third-order valence-electron chi connectivity index (χ3n) is 4.14. The zero-order chi connectivity index (χ0) is 18.7. The summed E-state index contributed by atoms with van der Waals surface area (Å²) < 4.78 is 24.5. The fraction of sp³-hybridized carbons (Fsp3) is 0.438. The number of hydrogen-bond donors (Lipinski definition) is 2. The van der Waals surface area contributed by atoms with Crippen LogP contribution in [-0.4, -0.2) is 51.9 Å². The van der Waals surface area contributed by atoms with Gasteiger partial charge < -0.3 is 5.32 Å². The molecule has 1 saturated heterocycles. The van der Waals surface area contributed by atoms with E-state index in [-0.39, 0.29) is 29.1 Å². The van der Waals surface area contributed by atoms with Crippen molar-refractivity contribution in [1.29, 1.82) is 0 Å². The largest absolute Gasteiger partial charge is 0.351 e. The van der Waals surface area contributed by atoms with Crippen molar-refractivity contribution in [3.8, 4) is 0 Å². The van der Waals surface area contributed by atoms with Gasteiger partial charge in [-0.25, -0.2) is 18.3 Å². The molecule has 140 valence electrons. The zero-order valence-corrected chi connectivity index (χ0v) is 15.8. The number of carbonyl (C=O) groups is 1. The maximum atomic E-state index is 12.3. The number of aromatic amines is 1. The summed E-state index contributed by atoms with van der Waals surface area (Å²) in [7, 11) is -3.05. The lowest BCUT2D eigenvalue weighted by Gasteiger charge is -2.15. The van der Waals surface area contributed by atoms with Crippen molar-refractivity contribution in [2.45, 2.75) is 36.3 Å². The number of rotatable bonds is 6. The van der Waals surface area contributed by atoms with Gasteiger partial charge >= 0.3 is 5.69 Å². The second-order valence-electron chi connectivity index (χ2n) is 6.25. The summed E-state index contributed by atoms with van der Waals surface area (Å²) in [6.07, 6.45) is 0.437. The van der Waals surface area contributed by atoms with Crippen LogP contribution in [0.25, 0.3) is 0 Å². The molecule has 2 heterocycles. The van der Waals surface area contributed by atoms with Crippen LogP contribution in [-0.2, 0) is 21.2 Å². The predicted molar refractivity (Wildman–Crippen MR) is 98.9 cm³/mol. The van der Waals surface area contributed by atoms with Gasteiger partial charge in [-0.15, -0.1) is 5.10 Å². The van der Waals surface area contributed by atoms with Gasteiger partial charge in [0, 0.05) is 6.04 Å². The Morgan fingerprint density at radius 2 is 2.15 bits per heavy atom. The van der Waals surface area contributed by atoms with E-state index >= 15 is 0 Å². The summed E-state index contributed by atoms with van der Waals surface area (Å²) in [5.74, 6) is -0.175. The van der Waals surface area contributed by atoms with E-state index in [4.69, 9.17) is 0 Å². The van der Waals surface area contributed by atoms with E-state index in [1.54, 1.807) is 6.92 Å². The van der Waals surface area contributed by atoms with Crippen LogP contribution in [0.5, 0.6) is 0 Å². The number of nitrogens with one attached hydrogen (secondary N) is 2. The lowest BCUT2D eigenvalue weighted by molar-refractivity contribution is -0.120. The molecular weight excluding hydrogens is 376 g/mol. The maximum absolute atomic E-state index is 12.3. The van der Waals surface area contributed by atoms with Gasteiger partial charge in [-0.1, -0.05) is 42.1 Å². The molecule has 10 heteroatoms. The first kappa shape index (κ1) is 18.7. The summed E-state index contributed by atoms with van der Waals surface area (Å²) in [5.41, 5.74) is 0.608. The SMILES string of the molecule is C[C@H](Sc1n[nH]c(=O)n1Cc1ccccc1)C(=O)N[C@@H]1CCS(=O)(=O)C1. The normalized spacial score (nSPS) is 20.0. The van der Waals surface area contributed by atoms with E-state index in [0.717, 1.165) is 17.3 Å². The Hall–Kier alpha value is -2.07. The average Bonchev–Trinajstić information content (AvgIpc) is 3.11. The van der Waals surface area contributed by atoms with Crippen molar-refractivity contribution in [1.82, 2.24) is 20.1 Å². The van der Waals surface area contributed by atoms with Crippen molar-refractivity contribution < 1.29 is 13.2 Å². The smallest absolute Gasteiger partial charge is 0.344 e. The van der Waals surface area contributed by atoms with Crippen molar-refractivity contribution in [2.75, 3.05) is 11.5 Å². The molecule has 0 spiro atoms. The van der Waals surface area contributed by atoms with E-state index < -0.39 is 15.1 Å². The minimum Gasteiger partial charge on any atom is -0.351 e. The third kappa shape index (κ3) is 4.55. The Morgan fingerprint density at radius 1 is 1.42 bits per heavy atom. The molecule has 1 amide bonds. The fourth-order valence-corrected chi connectivity index (χ4v) is 5.28. The maximum Gasteiger partial charge on any atom is 0.344 e. The van der Waals surface area contributed by atoms with Gasteiger partial charge in [-0.2, -0.15) is 0 Å². The number of carbonyl (C=O) groups excluding carboxylic acids is 1. The third-order valence-corrected chi connectivity index (χ3v) is 7.00. The summed E-state index contributed by atoms with van der Waals surface area (Å²) in [5, 5.41) is 9.09. The summed E-state index contributed by atoms with van der Waals surface area (Å²) in [6.45, 7) is 2.06. The van der Waals surface area contributed by atoms with Crippen molar-refractivity contribution in [3.63, 3.8) is 0 Å². The Bertz CT molecular complexity index is 937. The van der Waals surface area contributed by atoms with Crippen molar-refractivity contribution in [2.24, 2.45) is 0 Å². The average molecular weight is 396 g/mol. The predicted octanol–water partition coefficient (Wildman–Crippen LogP) is 0.404. The van der Waals surface area contributed by atoms with Gasteiger partial charge in [0.05, 0.1) is 23.3 Å². The number of amides is 1. The van der Waals surface area contributed by atoms with Crippen LogP contribution in [0.15, 0.2) is 40.3 Å². The summed E-state index contributed by atoms with van der Waals surface area (Å²) in [6, 6.07) is 9.14. The molecule has 26 heavy (non-hydrogen) atoms. The van der Waals surface area contributed by atoms with Crippen LogP contribution >= 0.6 is 11.8 Å². The topological polar surface area (TPSA) is 114 Å². The van der Waals surface area contributed by atoms with Crippen molar-refractivity contribution >= 4 is 27.5 Å². The number of thioether (sulfide) groups is 1. The van der Waals surface area contributed by atoms with Gasteiger partial charge in [0.15, 0.2) is 15.0 Å². The van der Waals surface area contributed by atoms with E-state index in [1.807, 2.05) is 30.3 Å². The van der Waals surface area contributed by atoms with Crippen LogP contribution in [0.4, 0.5) is 0 Å². The molecule has 0 radical (unpaired) electrons. The van der Waals surface area contributed by atoms with E-state index in [9.17, 15) is 18.0 Å². The van der Waals surface area contributed by atoms with Crippen LogP contribution in [0.1, 0.15) is 18.9 Å². The van der Waals surface area contributed by atoms with Crippen LogP contribution in [0.2, 0.25) is 0 Å². The summed E-state index contributed by atoms with van der Waals surface area (Å²) >= 11 is 1.16. The first-order valence-corrected chi connectivity index (χ1v) is 10.9. The molecule has 0 aliphatic carbocycles.